The third kappa shape index (κ3) is 3.85. The van der Waals surface area contributed by atoms with Gasteiger partial charge in [-0.15, -0.1) is 0 Å². The van der Waals surface area contributed by atoms with Crippen LogP contribution < -0.4 is 5.32 Å². The Labute approximate surface area is 122 Å². The van der Waals surface area contributed by atoms with E-state index in [0.29, 0.717) is 23.0 Å². The van der Waals surface area contributed by atoms with Crippen molar-refractivity contribution < 1.29 is 9.90 Å². The Bertz CT molecular complexity index is 445. The summed E-state index contributed by atoms with van der Waals surface area (Å²) in [7, 11) is 0. The summed E-state index contributed by atoms with van der Waals surface area (Å²) >= 11 is 12.2. The molecule has 2 atom stereocenters. The Morgan fingerprint density at radius 3 is 2.63 bits per heavy atom. The summed E-state index contributed by atoms with van der Waals surface area (Å²) in [5, 5.41) is 13.7. The minimum Gasteiger partial charge on any atom is -0.481 e. The summed E-state index contributed by atoms with van der Waals surface area (Å²) in [6.07, 6.45) is 3.41. The average Bonchev–Trinajstić information content (AvgIpc) is 2.38. The fraction of sp³-hybridized carbons (Fsp3) is 0.500. The molecule has 2 unspecified atom stereocenters. The summed E-state index contributed by atoms with van der Waals surface area (Å²) in [5.41, 5.74) is 0.878. The van der Waals surface area contributed by atoms with Gasteiger partial charge in [-0.25, -0.2) is 0 Å². The molecule has 0 heterocycles. The molecule has 2 rings (SSSR count). The van der Waals surface area contributed by atoms with E-state index in [2.05, 4.69) is 5.32 Å². The van der Waals surface area contributed by atoms with Gasteiger partial charge in [0.15, 0.2) is 0 Å². The zero-order chi connectivity index (χ0) is 13.8. The third-order valence-corrected chi connectivity index (χ3v) is 4.36. The molecule has 0 radical (unpaired) electrons. The first-order valence-corrected chi connectivity index (χ1v) is 7.22. The lowest BCUT2D eigenvalue weighted by atomic mass is 9.86. The Balaban J connectivity index is 1.93. The number of hydrogen-bond acceptors (Lipinski definition) is 2. The smallest absolute Gasteiger partial charge is 0.306 e. The SMILES string of the molecule is O=C(O)C1CCCC(NCc2c(Cl)cccc2Cl)C1. The van der Waals surface area contributed by atoms with E-state index < -0.39 is 5.97 Å². The lowest BCUT2D eigenvalue weighted by Crippen LogP contribution is -2.36. The Hall–Kier alpha value is -0.770. The maximum Gasteiger partial charge on any atom is 0.306 e. The number of hydrogen-bond donors (Lipinski definition) is 2. The molecule has 1 aliphatic carbocycles. The van der Waals surface area contributed by atoms with Crippen LogP contribution in [0.5, 0.6) is 0 Å². The van der Waals surface area contributed by atoms with Gasteiger partial charge in [0.2, 0.25) is 0 Å². The monoisotopic (exact) mass is 301 g/mol. The van der Waals surface area contributed by atoms with Crippen LogP contribution in [-0.4, -0.2) is 17.1 Å². The van der Waals surface area contributed by atoms with Crippen molar-refractivity contribution in [1.82, 2.24) is 5.32 Å². The Morgan fingerprint density at radius 2 is 2.00 bits per heavy atom. The number of carboxylic acids is 1. The minimum atomic E-state index is -0.692. The summed E-state index contributed by atoms with van der Waals surface area (Å²) in [6, 6.07) is 5.66. The zero-order valence-electron chi connectivity index (χ0n) is 10.5. The first-order valence-electron chi connectivity index (χ1n) is 6.47. The molecule has 1 aliphatic rings. The highest BCUT2D eigenvalue weighted by atomic mass is 35.5. The predicted octanol–water partition coefficient (Wildman–Crippen LogP) is 3.73. The van der Waals surface area contributed by atoms with Gasteiger partial charge in [0.05, 0.1) is 5.92 Å². The van der Waals surface area contributed by atoms with Crippen LogP contribution >= 0.6 is 23.2 Å². The second kappa shape index (κ2) is 6.60. The van der Waals surface area contributed by atoms with Crippen LogP contribution in [0.4, 0.5) is 0 Å². The Morgan fingerprint density at radius 1 is 1.32 bits per heavy atom. The number of rotatable bonds is 4. The molecular formula is C14H17Cl2NO2. The van der Waals surface area contributed by atoms with Crippen LogP contribution in [0.25, 0.3) is 0 Å². The van der Waals surface area contributed by atoms with Crippen LogP contribution in [0.1, 0.15) is 31.2 Å². The van der Waals surface area contributed by atoms with Crippen molar-refractivity contribution in [1.29, 1.82) is 0 Å². The lowest BCUT2D eigenvalue weighted by Gasteiger charge is -2.27. The Kier molecular flexibility index (Phi) is 5.08. The molecule has 0 aromatic heterocycles. The summed E-state index contributed by atoms with van der Waals surface area (Å²) in [4.78, 5) is 11.0. The van der Waals surface area contributed by atoms with Gasteiger partial charge in [-0.1, -0.05) is 35.7 Å². The average molecular weight is 302 g/mol. The molecule has 104 valence electrons. The number of carbonyl (C=O) groups is 1. The van der Waals surface area contributed by atoms with E-state index in [1.54, 1.807) is 0 Å². The van der Waals surface area contributed by atoms with Crippen molar-refractivity contribution in [2.45, 2.75) is 38.3 Å². The maximum absolute atomic E-state index is 11.0. The van der Waals surface area contributed by atoms with E-state index in [0.717, 1.165) is 24.8 Å². The fourth-order valence-corrected chi connectivity index (χ4v) is 3.08. The van der Waals surface area contributed by atoms with Crippen LogP contribution in [0.3, 0.4) is 0 Å². The van der Waals surface area contributed by atoms with Crippen LogP contribution in [0, 0.1) is 5.92 Å². The van der Waals surface area contributed by atoms with Gasteiger partial charge < -0.3 is 10.4 Å². The topological polar surface area (TPSA) is 49.3 Å². The summed E-state index contributed by atoms with van der Waals surface area (Å²) in [5.74, 6) is -0.921. The van der Waals surface area contributed by atoms with Gasteiger partial charge >= 0.3 is 5.97 Å². The van der Waals surface area contributed by atoms with Crippen molar-refractivity contribution >= 4 is 29.2 Å². The van der Waals surface area contributed by atoms with E-state index >= 15 is 0 Å². The molecule has 3 nitrogen and oxygen atoms in total. The molecule has 0 spiro atoms. The van der Waals surface area contributed by atoms with Crippen LogP contribution in [0.15, 0.2) is 18.2 Å². The zero-order valence-corrected chi connectivity index (χ0v) is 12.0. The van der Waals surface area contributed by atoms with Gasteiger partial charge in [0.25, 0.3) is 0 Å². The van der Waals surface area contributed by atoms with E-state index in [1.165, 1.54) is 0 Å². The molecule has 5 heteroatoms. The van der Waals surface area contributed by atoms with Gasteiger partial charge in [-0.05, 0) is 31.4 Å². The molecule has 1 fully saturated rings. The molecular weight excluding hydrogens is 285 g/mol. The second-order valence-electron chi connectivity index (χ2n) is 4.98. The normalized spacial score (nSPS) is 23.3. The molecule has 1 aromatic rings. The molecule has 19 heavy (non-hydrogen) atoms. The highest BCUT2D eigenvalue weighted by Gasteiger charge is 2.26. The molecule has 1 aromatic carbocycles. The highest BCUT2D eigenvalue weighted by Crippen LogP contribution is 2.27. The van der Waals surface area contributed by atoms with Crippen molar-refractivity contribution in [3.05, 3.63) is 33.8 Å². The van der Waals surface area contributed by atoms with E-state index in [4.69, 9.17) is 28.3 Å². The van der Waals surface area contributed by atoms with Crippen LogP contribution in [-0.2, 0) is 11.3 Å². The first kappa shape index (κ1) is 14.6. The van der Waals surface area contributed by atoms with E-state index in [1.807, 2.05) is 18.2 Å². The standard InChI is InChI=1S/C14H17Cl2NO2/c15-12-5-2-6-13(16)11(12)8-17-10-4-1-3-9(7-10)14(18)19/h2,5-6,9-10,17H,1,3-4,7-8H2,(H,18,19). The highest BCUT2D eigenvalue weighted by molar-refractivity contribution is 6.35. The van der Waals surface area contributed by atoms with Gasteiger partial charge in [-0.3, -0.25) is 4.79 Å². The number of carboxylic acid groups (broad SMARTS) is 1. The molecule has 1 saturated carbocycles. The van der Waals surface area contributed by atoms with Crippen molar-refractivity contribution in [2.75, 3.05) is 0 Å². The van der Waals surface area contributed by atoms with Gasteiger partial charge in [-0.2, -0.15) is 0 Å². The quantitative estimate of drug-likeness (QED) is 0.891. The largest absolute Gasteiger partial charge is 0.481 e. The van der Waals surface area contributed by atoms with Crippen molar-refractivity contribution in [3.8, 4) is 0 Å². The fourth-order valence-electron chi connectivity index (χ4n) is 2.55. The third-order valence-electron chi connectivity index (χ3n) is 3.65. The molecule has 0 bridgehead atoms. The number of benzene rings is 1. The number of nitrogens with one attached hydrogen (secondary N) is 1. The van der Waals surface area contributed by atoms with Gasteiger partial charge in [0.1, 0.15) is 0 Å². The molecule has 0 saturated heterocycles. The minimum absolute atomic E-state index is 0.224. The van der Waals surface area contributed by atoms with Gasteiger partial charge in [0, 0.05) is 28.2 Å². The number of aliphatic carboxylic acids is 1. The van der Waals surface area contributed by atoms with E-state index in [-0.39, 0.29) is 12.0 Å². The first-order chi connectivity index (χ1) is 9.08. The van der Waals surface area contributed by atoms with E-state index in [9.17, 15) is 4.79 Å². The maximum atomic E-state index is 11.0. The van der Waals surface area contributed by atoms with Crippen molar-refractivity contribution in [3.63, 3.8) is 0 Å². The predicted molar refractivity (Wildman–Crippen MR) is 76.7 cm³/mol. The summed E-state index contributed by atoms with van der Waals surface area (Å²) in [6.45, 7) is 0.579. The second-order valence-corrected chi connectivity index (χ2v) is 5.79. The molecule has 0 amide bonds. The van der Waals surface area contributed by atoms with Crippen molar-refractivity contribution in [2.24, 2.45) is 5.92 Å². The number of halogens is 2. The molecule has 2 N–H and O–H groups in total. The van der Waals surface area contributed by atoms with Crippen LogP contribution in [0.2, 0.25) is 10.0 Å². The molecule has 0 aliphatic heterocycles. The lowest BCUT2D eigenvalue weighted by molar-refractivity contribution is -0.143. The summed E-state index contributed by atoms with van der Waals surface area (Å²) < 4.78 is 0.